The fraction of sp³-hybridized carbons (Fsp3) is 0.907. The van der Waals surface area contributed by atoms with Crippen molar-refractivity contribution in [3.63, 3.8) is 0 Å². The van der Waals surface area contributed by atoms with Crippen LogP contribution in [0, 0.1) is 0 Å². The van der Waals surface area contributed by atoms with Crippen molar-refractivity contribution in [2.45, 2.75) is 301 Å². The highest BCUT2D eigenvalue weighted by Crippen LogP contribution is 2.23. The van der Waals surface area contributed by atoms with E-state index in [0.717, 1.165) is 38.5 Å². The lowest BCUT2D eigenvalue weighted by atomic mass is 9.99. The van der Waals surface area contributed by atoms with Crippen molar-refractivity contribution >= 4 is 5.91 Å². The number of carbonyl (C=O) groups excluding carboxylic acids is 1. The third kappa shape index (κ3) is 34.6. The molecular weight excluding hydrogens is 791 g/mol. The minimum absolute atomic E-state index is 0.176. The predicted octanol–water partition coefficient (Wildman–Crippen LogP) is 12.6. The van der Waals surface area contributed by atoms with Gasteiger partial charge in [-0.2, -0.15) is 0 Å². The maximum Gasteiger partial charge on any atom is 0.220 e. The Morgan fingerprint density at radius 2 is 0.889 bits per heavy atom. The van der Waals surface area contributed by atoms with E-state index in [1.807, 2.05) is 6.08 Å². The van der Waals surface area contributed by atoms with Crippen LogP contribution in [0.15, 0.2) is 24.3 Å². The Hall–Kier alpha value is -1.33. The summed E-state index contributed by atoms with van der Waals surface area (Å²) in [5.41, 5.74) is 0. The molecule has 0 radical (unpaired) electrons. The number of carbonyl (C=O) groups is 1. The largest absolute Gasteiger partial charge is 0.394 e. The van der Waals surface area contributed by atoms with E-state index in [2.05, 4.69) is 31.3 Å². The Labute approximate surface area is 388 Å². The number of amides is 1. The molecule has 0 saturated carbocycles. The average Bonchev–Trinajstić information content (AvgIpc) is 3.28. The Kier molecular flexibility index (Phi) is 42.2. The van der Waals surface area contributed by atoms with Gasteiger partial charge in [0.25, 0.3) is 0 Å². The number of aliphatic hydroxyl groups excluding tert-OH is 5. The van der Waals surface area contributed by atoms with E-state index in [1.54, 1.807) is 6.08 Å². The lowest BCUT2D eigenvalue weighted by molar-refractivity contribution is -0.302. The highest BCUT2D eigenvalue weighted by Gasteiger charge is 2.44. The molecule has 1 fully saturated rings. The molecule has 1 aliphatic rings. The molecular formula is C54H103NO8. The minimum Gasteiger partial charge on any atom is -0.394 e. The van der Waals surface area contributed by atoms with Crippen LogP contribution in [0.5, 0.6) is 0 Å². The Morgan fingerprint density at radius 1 is 0.524 bits per heavy atom. The summed E-state index contributed by atoms with van der Waals surface area (Å²) in [4.78, 5) is 13.0. The number of allylic oxidation sites excluding steroid dienone is 3. The fourth-order valence-electron chi connectivity index (χ4n) is 8.68. The fourth-order valence-corrected chi connectivity index (χ4v) is 8.68. The maximum absolute atomic E-state index is 13.0. The summed E-state index contributed by atoms with van der Waals surface area (Å²) in [6, 6.07) is -0.801. The van der Waals surface area contributed by atoms with Crippen molar-refractivity contribution in [1.82, 2.24) is 5.32 Å². The third-order valence-electron chi connectivity index (χ3n) is 13.0. The summed E-state index contributed by atoms with van der Waals surface area (Å²) in [5.74, 6) is -0.176. The van der Waals surface area contributed by atoms with E-state index in [4.69, 9.17) is 9.47 Å². The first kappa shape index (κ1) is 59.7. The molecule has 0 spiro atoms. The Balaban J connectivity index is 2.14. The summed E-state index contributed by atoms with van der Waals surface area (Å²) in [5, 5.41) is 54.2. The van der Waals surface area contributed by atoms with Crippen LogP contribution in [-0.4, -0.2) is 87.5 Å². The molecule has 6 N–H and O–H groups in total. The molecule has 9 nitrogen and oxygen atoms in total. The molecule has 9 heteroatoms. The van der Waals surface area contributed by atoms with Crippen LogP contribution >= 0.6 is 0 Å². The maximum atomic E-state index is 13.0. The van der Waals surface area contributed by atoms with Crippen molar-refractivity contribution in [2.24, 2.45) is 0 Å². The summed E-state index contributed by atoms with van der Waals surface area (Å²) in [6.07, 6.45) is 48.3. The molecule has 63 heavy (non-hydrogen) atoms. The van der Waals surface area contributed by atoms with E-state index in [0.29, 0.717) is 6.42 Å². The van der Waals surface area contributed by atoms with E-state index >= 15 is 0 Å². The van der Waals surface area contributed by atoms with Crippen molar-refractivity contribution in [3.8, 4) is 0 Å². The highest BCUT2D eigenvalue weighted by atomic mass is 16.7. The summed E-state index contributed by atoms with van der Waals surface area (Å²) in [7, 11) is 0. The van der Waals surface area contributed by atoms with Crippen LogP contribution in [0.3, 0.4) is 0 Å². The van der Waals surface area contributed by atoms with E-state index < -0.39 is 49.5 Å². The lowest BCUT2D eigenvalue weighted by Gasteiger charge is -2.40. The van der Waals surface area contributed by atoms with E-state index in [9.17, 15) is 30.3 Å². The molecule has 1 saturated heterocycles. The second-order valence-electron chi connectivity index (χ2n) is 19.0. The number of unbranched alkanes of at least 4 members (excludes halogenated alkanes) is 34. The number of aliphatic hydroxyl groups is 5. The molecule has 1 rings (SSSR count). The number of hydrogen-bond donors (Lipinski definition) is 6. The molecule has 1 aliphatic heterocycles. The zero-order valence-corrected chi connectivity index (χ0v) is 41.1. The zero-order valence-electron chi connectivity index (χ0n) is 41.1. The van der Waals surface area contributed by atoms with Gasteiger partial charge in [-0.15, -0.1) is 0 Å². The van der Waals surface area contributed by atoms with Gasteiger partial charge < -0.3 is 40.3 Å². The van der Waals surface area contributed by atoms with Crippen molar-refractivity contribution < 1.29 is 39.8 Å². The summed E-state index contributed by atoms with van der Waals surface area (Å²) < 4.78 is 11.2. The van der Waals surface area contributed by atoms with E-state index in [-0.39, 0.29) is 12.5 Å². The first-order valence-electron chi connectivity index (χ1n) is 27.1. The lowest BCUT2D eigenvalue weighted by Crippen LogP contribution is -2.60. The first-order valence-corrected chi connectivity index (χ1v) is 27.1. The number of hydrogen-bond acceptors (Lipinski definition) is 8. The standard InChI is InChI=1S/C54H103NO8/c1-3-5-7-9-11-13-15-16-17-18-19-20-21-22-23-24-25-26-27-28-29-30-31-32-34-36-38-40-42-44-50(58)55-47(46-62-54-53(61)52(60)51(59)49(45-56)63-54)48(57)43-41-39-37-35-33-14-12-10-8-6-4-2/h22-23,41,43,47-49,51-54,56-57,59-61H,3-21,24-40,42,44-46H2,1-2H3,(H,55,58)/b23-22-,43-41+. The van der Waals surface area contributed by atoms with Crippen LogP contribution in [0.1, 0.15) is 258 Å². The normalized spacial score (nSPS) is 20.3. The number of ether oxygens (including phenoxy) is 2. The van der Waals surface area contributed by atoms with Crippen LogP contribution < -0.4 is 5.32 Å². The second-order valence-corrected chi connectivity index (χ2v) is 19.0. The smallest absolute Gasteiger partial charge is 0.220 e. The highest BCUT2D eigenvalue weighted by molar-refractivity contribution is 5.76. The summed E-state index contributed by atoms with van der Waals surface area (Å²) in [6.45, 7) is 3.78. The molecule has 0 bridgehead atoms. The van der Waals surface area contributed by atoms with Crippen LogP contribution in [-0.2, 0) is 14.3 Å². The van der Waals surface area contributed by atoms with Crippen LogP contribution in [0.2, 0.25) is 0 Å². The van der Waals surface area contributed by atoms with Gasteiger partial charge in [0.1, 0.15) is 24.4 Å². The molecule has 372 valence electrons. The molecule has 1 heterocycles. The Bertz CT molecular complexity index is 1040. The number of nitrogens with one attached hydrogen (secondary N) is 1. The molecule has 7 atom stereocenters. The third-order valence-corrected chi connectivity index (χ3v) is 13.0. The Morgan fingerprint density at radius 3 is 1.29 bits per heavy atom. The topological polar surface area (TPSA) is 149 Å². The first-order chi connectivity index (χ1) is 30.8. The average molecular weight is 894 g/mol. The molecule has 0 aliphatic carbocycles. The van der Waals surface area contributed by atoms with Crippen LogP contribution in [0.4, 0.5) is 0 Å². The predicted molar refractivity (Wildman–Crippen MR) is 263 cm³/mol. The molecule has 7 unspecified atom stereocenters. The molecule has 0 aromatic heterocycles. The summed E-state index contributed by atoms with van der Waals surface area (Å²) >= 11 is 0. The second kappa shape index (κ2) is 44.5. The molecule has 0 aromatic rings. The quantitative estimate of drug-likeness (QED) is 0.0261. The minimum atomic E-state index is -1.56. The van der Waals surface area contributed by atoms with Gasteiger partial charge in [-0.3, -0.25) is 4.79 Å². The van der Waals surface area contributed by atoms with Gasteiger partial charge >= 0.3 is 0 Å². The number of rotatable bonds is 46. The van der Waals surface area contributed by atoms with Crippen molar-refractivity contribution in [3.05, 3.63) is 24.3 Å². The van der Waals surface area contributed by atoms with Gasteiger partial charge in [-0.1, -0.05) is 231 Å². The van der Waals surface area contributed by atoms with Gasteiger partial charge in [0.2, 0.25) is 5.91 Å². The van der Waals surface area contributed by atoms with Crippen molar-refractivity contribution in [1.29, 1.82) is 0 Å². The van der Waals surface area contributed by atoms with Gasteiger partial charge in [0.05, 0.1) is 25.4 Å². The monoisotopic (exact) mass is 894 g/mol. The SMILES string of the molecule is CCCCCCCCCCC/C=C/C(O)C(COC1OC(CO)C(O)C(O)C1O)NC(=O)CCCCCCCCCCCCCCC/C=C\CCCCCCCCCCCCCC. The molecule has 1 amide bonds. The van der Waals surface area contributed by atoms with Crippen molar-refractivity contribution in [2.75, 3.05) is 13.2 Å². The van der Waals surface area contributed by atoms with Gasteiger partial charge in [0, 0.05) is 6.42 Å². The van der Waals surface area contributed by atoms with Gasteiger partial charge in [-0.05, 0) is 44.9 Å². The van der Waals surface area contributed by atoms with E-state index in [1.165, 1.54) is 199 Å². The zero-order chi connectivity index (χ0) is 45.9. The van der Waals surface area contributed by atoms with Crippen LogP contribution in [0.25, 0.3) is 0 Å². The van der Waals surface area contributed by atoms with Gasteiger partial charge in [0.15, 0.2) is 6.29 Å². The van der Waals surface area contributed by atoms with Gasteiger partial charge in [-0.25, -0.2) is 0 Å². The molecule has 0 aromatic carbocycles.